The van der Waals surface area contributed by atoms with Crippen LogP contribution in [0, 0.1) is 18.2 Å². The molecule has 2 aromatic carbocycles. The predicted octanol–water partition coefficient (Wildman–Crippen LogP) is 4.52. The Kier molecular flexibility index (Phi) is 8.23. The lowest BCUT2D eigenvalue weighted by molar-refractivity contribution is -0.117. The van der Waals surface area contributed by atoms with E-state index < -0.39 is 16.4 Å². The van der Waals surface area contributed by atoms with Crippen molar-refractivity contribution in [2.75, 3.05) is 36.4 Å². The highest BCUT2D eigenvalue weighted by atomic mass is 35.5. The van der Waals surface area contributed by atoms with Crippen LogP contribution in [0.3, 0.4) is 0 Å². The summed E-state index contributed by atoms with van der Waals surface area (Å²) in [6, 6.07) is 14.0. The number of hydrogen-bond acceptors (Lipinski definition) is 8. The Morgan fingerprint density at radius 3 is 2.45 bits per heavy atom. The van der Waals surface area contributed by atoms with Crippen molar-refractivity contribution in [2.45, 2.75) is 20.3 Å². The van der Waals surface area contributed by atoms with Gasteiger partial charge < -0.3 is 15.1 Å². The number of nitrogens with one attached hydrogen (secondary N) is 1. The molecule has 1 N–H and O–H groups in total. The second-order valence-electron chi connectivity index (χ2n) is 10.3. The van der Waals surface area contributed by atoms with Gasteiger partial charge in [0.1, 0.15) is 17.2 Å². The fraction of sp³-hybridized carbons (Fsp3) is 0.286. The molecule has 0 unspecified atom stereocenters. The Morgan fingerprint density at radius 1 is 1.10 bits per heavy atom. The first kappa shape index (κ1) is 29.1. The number of benzene rings is 2. The Bertz CT molecular complexity index is 1790. The molecule has 2 aromatic heterocycles. The van der Waals surface area contributed by atoms with Crippen molar-refractivity contribution in [1.29, 1.82) is 0 Å². The number of halogens is 2. The minimum Gasteiger partial charge on any atom is -0.370 e. The van der Waals surface area contributed by atoms with Crippen LogP contribution >= 0.6 is 11.6 Å². The minimum absolute atomic E-state index is 0.0840. The third-order valence-corrected chi connectivity index (χ3v) is 7.77. The molecule has 2 aliphatic heterocycles. The number of amides is 2. The number of nitrogens with zero attached hydrogens (tertiary/aromatic N) is 6. The third kappa shape index (κ3) is 6.11. The number of hydrogen-bond donors (Lipinski definition) is 1. The fourth-order valence-electron chi connectivity index (χ4n) is 5.03. The van der Waals surface area contributed by atoms with Gasteiger partial charge in [-0.15, -0.1) is 0 Å². The molecule has 218 valence electrons. The quantitative estimate of drug-likeness (QED) is 0.349. The van der Waals surface area contributed by atoms with Crippen molar-refractivity contribution in [2.24, 2.45) is 9.78 Å². The zero-order chi connectivity index (χ0) is 30.0. The maximum absolute atomic E-state index is 13.5. The van der Waals surface area contributed by atoms with E-state index in [1.54, 1.807) is 42.0 Å². The van der Waals surface area contributed by atoms with Crippen LogP contribution in [0.25, 0.3) is 5.65 Å². The highest BCUT2D eigenvalue weighted by Gasteiger charge is 2.53. The van der Waals surface area contributed by atoms with Crippen LogP contribution in [0.4, 0.5) is 21.6 Å². The molecule has 4 heterocycles. The summed E-state index contributed by atoms with van der Waals surface area (Å²) in [7, 11) is -2.57. The number of aromatic nitrogens is 3. The summed E-state index contributed by atoms with van der Waals surface area (Å²) in [5, 5.41) is 8.24. The third-order valence-electron chi connectivity index (χ3n) is 7.08. The Morgan fingerprint density at radius 2 is 1.81 bits per heavy atom. The summed E-state index contributed by atoms with van der Waals surface area (Å²) >= 11 is 6.41. The van der Waals surface area contributed by atoms with Crippen molar-refractivity contribution in [3.8, 4) is 0 Å². The Labute approximate surface area is 247 Å². The van der Waals surface area contributed by atoms with Crippen LogP contribution in [0.5, 0.6) is 0 Å². The first-order valence-electron chi connectivity index (χ1n) is 13.1. The zero-order valence-electron chi connectivity index (χ0n) is 22.8. The molecule has 4 aromatic rings. The highest BCUT2D eigenvalue weighted by Crippen LogP contribution is 2.43. The van der Waals surface area contributed by atoms with Crippen LogP contribution in [0.1, 0.15) is 29.3 Å². The lowest BCUT2D eigenvalue weighted by atomic mass is 9.72. The van der Waals surface area contributed by atoms with Gasteiger partial charge in [0.2, 0.25) is 0 Å². The van der Waals surface area contributed by atoms with Gasteiger partial charge in [-0.25, -0.2) is 9.37 Å². The molecule has 42 heavy (non-hydrogen) atoms. The van der Waals surface area contributed by atoms with E-state index in [-0.39, 0.29) is 23.6 Å². The van der Waals surface area contributed by atoms with Crippen LogP contribution in [-0.4, -0.2) is 65.9 Å². The van der Waals surface area contributed by atoms with Crippen molar-refractivity contribution < 1.29 is 22.4 Å². The number of anilines is 3. The molecular formula is C28H27ClFN7O4S. The Hall–Kier alpha value is -4.36. The van der Waals surface area contributed by atoms with Crippen molar-refractivity contribution in [3.63, 3.8) is 0 Å². The number of rotatable bonds is 5. The number of carbonyl (C=O) groups excluding carboxylic acids is 2. The normalized spacial score (nSPS) is 14.9. The summed E-state index contributed by atoms with van der Waals surface area (Å²) in [5.41, 5.74) is 3.92. The molecule has 0 aliphatic carbocycles. The SMILES string of the molecule is CCC(=O)N=S(=O)=O.Cc1ccc(Cl)c(Nc2c(C(=O)N3CC4(C3)CN(c3ccc(F)cc3)C4)cnc3ccnn23)c1. The van der Waals surface area contributed by atoms with Gasteiger partial charge in [-0.1, -0.05) is 29.0 Å². The van der Waals surface area contributed by atoms with Crippen LogP contribution in [-0.2, 0) is 15.3 Å². The largest absolute Gasteiger partial charge is 0.370 e. The van der Waals surface area contributed by atoms with Gasteiger partial charge in [-0.05, 0) is 48.9 Å². The van der Waals surface area contributed by atoms with E-state index in [9.17, 15) is 22.4 Å². The highest BCUT2D eigenvalue weighted by molar-refractivity contribution is 7.62. The molecule has 0 saturated carbocycles. The van der Waals surface area contributed by atoms with Gasteiger partial charge in [0.25, 0.3) is 11.8 Å². The average Bonchev–Trinajstić information content (AvgIpc) is 3.39. The van der Waals surface area contributed by atoms with E-state index in [2.05, 4.69) is 24.7 Å². The molecule has 14 heteroatoms. The molecule has 2 amide bonds. The summed E-state index contributed by atoms with van der Waals surface area (Å²) in [6.07, 6.45) is 3.38. The molecule has 1 spiro atoms. The lowest BCUT2D eigenvalue weighted by Gasteiger charge is -2.60. The molecule has 0 radical (unpaired) electrons. The summed E-state index contributed by atoms with van der Waals surface area (Å²) in [4.78, 5) is 32.0. The van der Waals surface area contributed by atoms with E-state index >= 15 is 0 Å². The van der Waals surface area contributed by atoms with Gasteiger partial charge in [0.05, 0.1) is 16.9 Å². The number of aryl methyl sites for hydroxylation is 1. The maximum atomic E-state index is 13.5. The van der Waals surface area contributed by atoms with Gasteiger partial charge in [-0.2, -0.15) is 18.0 Å². The Balaban J connectivity index is 0.000000390. The fourth-order valence-corrected chi connectivity index (χ4v) is 5.49. The van der Waals surface area contributed by atoms with Crippen LogP contribution < -0.4 is 10.2 Å². The van der Waals surface area contributed by atoms with Gasteiger partial charge in [0.15, 0.2) is 5.65 Å². The maximum Gasteiger partial charge on any atom is 0.319 e. The topological polar surface area (TPSA) is 129 Å². The van der Waals surface area contributed by atoms with E-state index in [1.165, 1.54) is 12.1 Å². The van der Waals surface area contributed by atoms with Crippen molar-refractivity contribution >= 4 is 56.8 Å². The summed E-state index contributed by atoms with van der Waals surface area (Å²) in [5.74, 6) is -0.408. The summed E-state index contributed by atoms with van der Waals surface area (Å²) < 4.78 is 36.7. The molecule has 6 rings (SSSR count). The lowest BCUT2D eigenvalue weighted by Crippen LogP contribution is -2.73. The van der Waals surface area contributed by atoms with Crippen LogP contribution in [0.15, 0.2) is 65.3 Å². The first-order chi connectivity index (χ1) is 20.1. The minimum atomic E-state index is -2.57. The molecule has 0 bridgehead atoms. The molecular weight excluding hydrogens is 585 g/mol. The zero-order valence-corrected chi connectivity index (χ0v) is 24.4. The second-order valence-corrected chi connectivity index (χ2v) is 11.3. The molecule has 0 atom stereocenters. The smallest absolute Gasteiger partial charge is 0.319 e. The van der Waals surface area contributed by atoms with Crippen molar-refractivity contribution in [1.82, 2.24) is 19.5 Å². The standard InChI is InChI=1S/C25H22ClFN6O.C3H5NO3S/c1-16-2-7-20(26)21(10-16)30-23-19(11-28-22-8-9-29-33(22)23)24(34)32-14-25(15-32)12-31(13-25)18-5-3-17(27)4-6-18;1-2-3(5)4-8(6)7/h2-11,30H,12-15H2,1H3;2H2,1H3. The predicted molar refractivity (Wildman–Crippen MR) is 156 cm³/mol. The molecule has 2 saturated heterocycles. The second kappa shape index (κ2) is 11.9. The van der Waals surface area contributed by atoms with Crippen LogP contribution in [0.2, 0.25) is 5.02 Å². The number of carbonyl (C=O) groups is 2. The number of likely N-dealkylation sites (tertiary alicyclic amines) is 1. The first-order valence-corrected chi connectivity index (χ1v) is 14.5. The molecule has 2 fully saturated rings. The molecule has 11 nitrogen and oxygen atoms in total. The molecule has 2 aliphatic rings. The monoisotopic (exact) mass is 611 g/mol. The van der Waals surface area contributed by atoms with Gasteiger partial charge in [-0.3, -0.25) is 9.59 Å². The van der Waals surface area contributed by atoms with Crippen molar-refractivity contribution in [3.05, 3.63) is 82.9 Å². The summed E-state index contributed by atoms with van der Waals surface area (Å²) in [6.45, 7) is 6.57. The van der Waals surface area contributed by atoms with E-state index in [0.717, 1.165) is 24.3 Å². The number of fused-ring (bicyclic) bond motifs is 1. The average molecular weight is 612 g/mol. The van der Waals surface area contributed by atoms with Gasteiger partial charge >= 0.3 is 10.5 Å². The van der Waals surface area contributed by atoms with E-state index in [1.807, 2.05) is 30.0 Å². The van der Waals surface area contributed by atoms with E-state index in [4.69, 9.17) is 11.6 Å². The van der Waals surface area contributed by atoms with E-state index in [0.29, 0.717) is 40.8 Å². The van der Waals surface area contributed by atoms with Gasteiger partial charge in [0, 0.05) is 56.0 Å².